The molecule has 0 aromatic carbocycles. The van der Waals surface area contributed by atoms with Gasteiger partial charge in [-0.05, 0) is 20.8 Å². The van der Waals surface area contributed by atoms with Crippen molar-refractivity contribution in [1.29, 1.82) is 0 Å². The summed E-state index contributed by atoms with van der Waals surface area (Å²) in [5.41, 5.74) is 4.74. The molecule has 198 valence electrons. The molecule has 16 nitrogen and oxygen atoms in total. The Morgan fingerprint density at radius 1 is 1.23 bits per heavy atom. The molecular formula is C17H28N4O12P2. The summed E-state index contributed by atoms with van der Waals surface area (Å²) in [6, 6.07) is 0. The maximum atomic E-state index is 11.8. The smallest absolute Gasteiger partial charge is 0.387 e. The van der Waals surface area contributed by atoms with Crippen molar-refractivity contribution in [2.24, 2.45) is 0 Å². The number of hydrogen-bond donors (Lipinski definition) is 6. The highest BCUT2D eigenvalue weighted by molar-refractivity contribution is 7.60. The number of aliphatic hydroxyl groups excluding tert-OH is 1. The highest BCUT2D eigenvalue weighted by Crippen LogP contribution is 2.58. The lowest BCUT2D eigenvalue weighted by molar-refractivity contribution is -0.140. The molecule has 3 heterocycles. The van der Waals surface area contributed by atoms with Gasteiger partial charge >= 0.3 is 15.6 Å². The zero-order valence-corrected chi connectivity index (χ0v) is 20.8. The molecule has 7 N–H and O–H groups in total. The lowest BCUT2D eigenvalue weighted by Gasteiger charge is -2.27. The minimum Gasteiger partial charge on any atom is -0.387 e. The number of phosphoric ester groups is 1. The van der Waals surface area contributed by atoms with Crippen molar-refractivity contribution in [3.05, 3.63) is 18.1 Å². The normalized spacial score (nSPS) is 27.1. The number of nitrogens with zero attached hydrogens (tertiary/aromatic N) is 3. The van der Waals surface area contributed by atoms with Gasteiger partial charge in [-0.1, -0.05) is 0 Å². The minimum absolute atomic E-state index is 0.0991. The lowest BCUT2D eigenvalue weighted by Crippen LogP contribution is -2.44. The van der Waals surface area contributed by atoms with Gasteiger partial charge < -0.3 is 49.4 Å². The van der Waals surface area contributed by atoms with Gasteiger partial charge in [0.05, 0.1) is 12.0 Å². The Bertz CT molecular complexity index is 1130. The molecule has 1 saturated heterocycles. The van der Waals surface area contributed by atoms with E-state index in [4.69, 9.17) is 29.7 Å². The third kappa shape index (κ3) is 6.07. The van der Waals surface area contributed by atoms with E-state index in [1.807, 2.05) is 0 Å². The molecule has 5 atom stereocenters. The predicted molar refractivity (Wildman–Crippen MR) is 117 cm³/mol. The van der Waals surface area contributed by atoms with E-state index in [-0.39, 0.29) is 11.5 Å². The maximum absolute atomic E-state index is 11.8. The molecule has 0 spiro atoms. The quantitative estimate of drug-likeness (QED) is 0.166. The molecule has 0 amide bonds. The summed E-state index contributed by atoms with van der Waals surface area (Å²) < 4.78 is 49.3. The molecule has 3 rings (SSSR count). The van der Waals surface area contributed by atoms with Gasteiger partial charge in [0.2, 0.25) is 0 Å². The van der Waals surface area contributed by atoms with Gasteiger partial charge in [0.15, 0.2) is 12.5 Å². The first kappa shape index (κ1) is 28.1. The van der Waals surface area contributed by atoms with Gasteiger partial charge in [-0.2, -0.15) is 4.31 Å². The van der Waals surface area contributed by atoms with E-state index >= 15 is 0 Å². The Morgan fingerprint density at radius 2 is 1.86 bits per heavy atom. The first-order valence-electron chi connectivity index (χ1n) is 10.4. The van der Waals surface area contributed by atoms with Crippen LogP contribution in [0.5, 0.6) is 0 Å². The van der Waals surface area contributed by atoms with Crippen LogP contribution < -0.4 is 5.73 Å². The zero-order valence-electron chi connectivity index (χ0n) is 19.0. The van der Waals surface area contributed by atoms with Crippen LogP contribution in [0.1, 0.15) is 38.9 Å². The predicted octanol–water partition coefficient (Wildman–Crippen LogP) is 0.321. The van der Waals surface area contributed by atoms with Crippen LogP contribution in [-0.2, 0) is 32.2 Å². The van der Waals surface area contributed by atoms with Crippen molar-refractivity contribution < 1.29 is 57.1 Å². The van der Waals surface area contributed by atoms with E-state index in [1.165, 1.54) is 24.0 Å². The van der Waals surface area contributed by atoms with Crippen molar-refractivity contribution in [2.45, 2.75) is 51.1 Å². The summed E-state index contributed by atoms with van der Waals surface area (Å²) in [6.07, 6.45) is -2.56. The number of anilines is 1. The van der Waals surface area contributed by atoms with Crippen molar-refractivity contribution in [1.82, 2.24) is 14.5 Å². The molecule has 0 bridgehead atoms. The second kappa shape index (κ2) is 10.5. The first-order valence-corrected chi connectivity index (χ1v) is 13.4. The average Bonchev–Trinajstić information content (AvgIpc) is 3.21. The molecule has 1 fully saturated rings. The van der Waals surface area contributed by atoms with E-state index in [1.54, 1.807) is 13.8 Å². The molecule has 0 radical (unpaired) electrons. The number of nitrogens with two attached hydrogens (primary N) is 1. The molecule has 0 aliphatic carbocycles. The number of rotatable bonds is 11. The summed E-state index contributed by atoms with van der Waals surface area (Å²) in [5.74, 6) is 0.0991. The van der Waals surface area contributed by atoms with Crippen LogP contribution in [0, 0.1) is 0 Å². The van der Waals surface area contributed by atoms with Gasteiger partial charge in [0.25, 0.3) is 0 Å². The van der Waals surface area contributed by atoms with Crippen LogP contribution in [0.4, 0.5) is 5.82 Å². The Kier molecular flexibility index (Phi) is 8.38. The summed E-state index contributed by atoms with van der Waals surface area (Å²) in [6.45, 7) is 4.55. The number of aliphatic hydroxyl groups is 2. The van der Waals surface area contributed by atoms with E-state index < -0.39 is 52.6 Å². The number of hydrogen-bond acceptors (Lipinski definition) is 12. The van der Waals surface area contributed by atoms with Gasteiger partial charge in [0, 0.05) is 25.0 Å². The average molecular weight is 542 g/mol. The fraction of sp³-hybridized carbons (Fsp3) is 0.647. The lowest BCUT2D eigenvalue weighted by atomic mass is 9.96. The molecule has 1 aliphatic rings. The summed E-state index contributed by atoms with van der Waals surface area (Å²) >= 11 is 0. The summed E-state index contributed by atoms with van der Waals surface area (Å²) in [4.78, 5) is 35.2. The topological polar surface area (TPSA) is 238 Å². The monoisotopic (exact) mass is 542 g/mol. The zero-order chi connectivity index (χ0) is 26.2. The number of ether oxygens (including phenoxy) is 3. The van der Waals surface area contributed by atoms with Gasteiger partial charge in [-0.15, -0.1) is 0 Å². The number of phosphoric acid groups is 2. The molecule has 35 heavy (non-hydrogen) atoms. The van der Waals surface area contributed by atoms with Crippen LogP contribution in [0.2, 0.25) is 0 Å². The van der Waals surface area contributed by atoms with E-state index in [0.717, 1.165) is 0 Å². The summed E-state index contributed by atoms with van der Waals surface area (Å²) in [7, 11) is -10.6. The van der Waals surface area contributed by atoms with Gasteiger partial charge in [-0.3, -0.25) is 4.52 Å². The Labute approximate surface area is 199 Å². The van der Waals surface area contributed by atoms with Crippen LogP contribution >= 0.6 is 15.6 Å². The van der Waals surface area contributed by atoms with E-state index in [2.05, 4.69) is 18.8 Å². The maximum Gasteiger partial charge on any atom is 0.481 e. The Morgan fingerprint density at radius 3 is 2.43 bits per heavy atom. The van der Waals surface area contributed by atoms with E-state index in [9.17, 15) is 24.2 Å². The fourth-order valence-corrected chi connectivity index (χ4v) is 5.33. The Hall–Kier alpha value is -1.52. The largest absolute Gasteiger partial charge is 0.481 e. The van der Waals surface area contributed by atoms with Crippen LogP contribution in [0.3, 0.4) is 0 Å². The Balaban J connectivity index is 1.96. The van der Waals surface area contributed by atoms with Crippen molar-refractivity contribution in [3.63, 3.8) is 0 Å². The second-order valence-electron chi connectivity index (χ2n) is 7.73. The molecule has 2 aromatic heterocycles. The third-order valence-corrected chi connectivity index (χ3v) is 7.33. The van der Waals surface area contributed by atoms with Gasteiger partial charge in [-0.25, -0.2) is 19.1 Å². The van der Waals surface area contributed by atoms with Crippen molar-refractivity contribution in [2.75, 3.05) is 25.6 Å². The number of aromatic nitrogens is 3. The number of fused-ring (bicyclic) bond motifs is 1. The van der Waals surface area contributed by atoms with Crippen LogP contribution in [0.25, 0.3) is 11.0 Å². The molecule has 1 unspecified atom stereocenters. The second-order valence-corrected chi connectivity index (χ2v) is 10.6. The van der Waals surface area contributed by atoms with Crippen LogP contribution in [-0.4, -0.2) is 77.1 Å². The molecular weight excluding hydrogens is 514 g/mol. The number of nitrogen functional groups attached to an aromatic ring is 1. The van der Waals surface area contributed by atoms with Crippen LogP contribution in [0.15, 0.2) is 12.5 Å². The molecule has 2 aromatic rings. The highest BCUT2D eigenvalue weighted by Gasteiger charge is 2.54. The molecule has 18 heteroatoms. The molecule has 1 aliphatic heterocycles. The van der Waals surface area contributed by atoms with E-state index in [0.29, 0.717) is 24.2 Å². The third-order valence-electron chi connectivity index (χ3n) is 5.18. The minimum atomic E-state index is -5.34. The molecule has 0 saturated carbocycles. The fourth-order valence-electron chi connectivity index (χ4n) is 3.73. The van der Waals surface area contributed by atoms with Crippen molar-refractivity contribution >= 4 is 32.5 Å². The standard InChI is InChI=1S/C17H28N4O12P2/c1-4-29-15(30-5-2)9-6-21(14-11(9)13(18)19-8-20-14)16-17(3,23)12(22)10(32-16)7-31-35(27,28)33-34(24,25)26/h6,8,10,12,15-16,22-23H,4-5,7H2,1-3H3,(H,27,28)(H2,18,19,20)(H2,24,25,26)/t10-,12-,16-,17-/m1/s1. The van der Waals surface area contributed by atoms with Gasteiger partial charge in [0.1, 0.15) is 35.6 Å². The van der Waals surface area contributed by atoms with Crippen molar-refractivity contribution in [3.8, 4) is 0 Å². The highest BCUT2D eigenvalue weighted by atomic mass is 31.3. The first-order chi connectivity index (χ1) is 16.2. The summed E-state index contributed by atoms with van der Waals surface area (Å²) in [5, 5.41) is 22.1. The SMILES string of the molecule is CCOC(OCC)c1cn([C@@H]2O[C@H](COP(=O)(O)OP(=O)(O)O)[C@@H](O)[C@@]2(C)O)c2ncnc(N)c12.